The fourth-order valence-electron chi connectivity index (χ4n) is 1.80. The van der Waals surface area contributed by atoms with Gasteiger partial charge in [0.2, 0.25) is 5.91 Å². The Labute approximate surface area is 83.8 Å². The van der Waals surface area contributed by atoms with Gasteiger partial charge in [0, 0.05) is 18.8 Å². The number of rotatable bonds is 0. The van der Waals surface area contributed by atoms with Crippen LogP contribution in [0.4, 0.5) is 0 Å². The first-order valence-electron chi connectivity index (χ1n) is 4.79. The lowest BCUT2D eigenvalue weighted by Crippen LogP contribution is -2.38. The minimum Gasteiger partial charge on any atom is -0.311 e. The largest absolute Gasteiger partial charge is 0.311 e. The summed E-state index contributed by atoms with van der Waals surface area (Å²) >= 11 is 0. The first-order chi connectivity index (χ1) is 6.70. The zero-order valence-electron chi connectivity index (χ0n) is 8.18. The predicted octanol–water partition coefficient (Wildman–Crippen LogP) is 0.818. The minimum atomic E-state index is 0.127. The van der Waals surface area contributed by atoms with Crippen LogP contribution in [0.25, 0.3) is 0 Å². The van der Waals surface area contributed by atoms with Gasteiger partial charge in [0.25, 0.3) is 0 Å². The second-order valence-corrected chi connectivity index (χ2v) is 3.60. The highest BCUT2D eigenvalue weighted by atomic mass is 16.2. The third-order valence-electron chi connectivity index (χ3n) is 2.68. The molecular weight excluding hydrogens is 176 g/mol. The van der Waals surface area contributed by atoms with Crippen molar-refractivity contribution in [2.24, 2.45) is 0 Å². The number of hydrogen-bond acceptors (Lipinski definition) is 2. The highest BCUT2D eigenvalue weighted by Crippen LogP contribution is 2.28. The summed E-state index contributed by atoms with van der Waals surface area (Å²) in [5, 5.41) is 3.05. The molecule has 0 aromatic rings. The van der Waals surface area contributed by atoms with E-state index in [0.717, 1.165) is 36.4 Å². The molecule has 1 N–H and O–H groups in total. The van der Waals surface area contributed by atoms with Crippen LogP contribution in [-0.4, -0.2) is 30.4 Å². The normalized spacial score (nSPS) is 23.0. The van der Waals surface area contributed by atoms with E-state index in [4.69, 9.17) is 0 Å². The van der Waals surface area contributed by atoms with Crippen molar-refractivity contribution in [2.45, 2.75) is 6.42 Å². The fourth-order valence-corrected chi connectivity index (χ4v) is 1.80. The highest BCUT2D eigenvalue weighted by molar-refractivity contribution is 5.82. The van der Waals surface area contributed by atoms with Crippen LogP contribution in [0.2, 0.25) is 0 Å². The Morgan fingerprint density at radius 1 is 1.43 bits per heavy atom. The molecule has 0 atom stereocenters. The summed E-state index contributed by atoms with van der Waals surface area (Å²) in [5.41, 5.74) is 2.90. The third-order valence-corrected chi connectivity index (χ3v) is 2.68. The van der Waals surface area contributed by atoms with Crippen molar-refractivity contribution in [1.29, 1.82) is 0 Å². The van der Waals surface area contributed by atoms with Gasteiger partial charge in [-0.15, -0.1) is 0 Å². The van der Waals surface area contributed by atoms with Crippen LogP contribution in [0.5, 0.6) is 0 Å². The first kappa shape index (κ1) is 9.21. The summed E-state index contributed by atoms with van der Waals surface area (Å²) in [5.74, 6) is 0.127. The lowest BCUT2D eigenvalue weighted by molar-refractivity contribution is -0.128. The van der Waals surface area contributed by atoms with Crippen LogP contribution in [0, 0.1) is 0 Å². The van der Waals surface area contributed by atoms with Crippen molar-refractivity contribution in [3.05, 3.63) is 36.1 Å². The summed E-state index contributed by atoms with van der Waals surface area (Å²) < 4.78 is 0. The maximum absolute atomic E-state index is 11.7. The van der Waals surface area contributed by atoms with E-state index in [1.54, 1.807) is 4.90 Å². The molecule has 0 spiro atoms. The Morgan fingerprint density at radius 2 is 2.21 bits per heavy atom. The highest BCUT2D eigenvalue weighted by Gasteiger charge is 2.26. The van der Waals surface area contributed by atoms with E-state index in [0.29, 0.717) is 6.54 Å². The molecule has 1 saturated heterocycles. The molecular formula is C11H14N2O. The lowest BCUT2D eigenvalue weighted by atomic mass is 9.97. The molecule has 3 nitrogen and oxygen atoms in total. The molecule has 14 heavy (non-hydrogen) atoms. The van der Waals surface area contributed by atoms with Crippen LogP contribution < -0.4 is 5.32 Å². The number of fused-ring (bicyclic) bond motifs is 1. The Bertz CT molecular complexity index is 341. The molecule has 2 rings (SSSR count). The summed E-state index contributed by atoms with van der Waals surface area (Å²) in [6.45, 7) is 9.79. The molecule has 0 bridgehead atoms. The Hall–Kier alpha value is -1.35. The van der Waals surface area contributed by atoms with Crippen molar-refractivity contribution >= 4 is 5.91 Å². The van der Waals surface area contributed by atoms with Crippen LogP contribution >= 0.6 is 0 Å². The Balaban J connectivity index is 2.34. The van der Waals surface area contributed by atoms with Crippen molar-refractivity contribution in [2.75, 3.05) is 19.6 Å². The SMILES string of the molecule is C=C1CCN2C(=O)CNCC=C2C1=C. The topological polar surface area (TPSA) is 32.3 Å². The van der Waals surface area contributed by atoms with Crippen molar-refractivity contribution in [3.8, 4) is 0 Å². The van der Waals surface area contributed by atoms with E-state index in [1.807, 2.05) is 6.08 Å². The maximum atomic E-state index is 11.7. The van der Waals surface area contributed by atoms with Crippen molar-refractivity contribution < 1.29 is 4.79 Å². The molecule has 0 radical (unpaired) electrons. The minimum absolute atomic E-state index is 0.127. The van der Waals surface area contributed by atoms with Gasteiger partial charge < -0.3 is 10.2 Å². The average molecular weight is 190 g/mol. The maximum Gasteiger partial charge on any atom is 0.240 e. The van der Waals surface area contributed by atoms with Crippen LogP contribution in [0.1, 0.15) is 6.42 Å². The molecule has 0 unspecified atom stereocenters. The number of nitrogens with one attached hydrogen (secondary N) is 1. The van der Waals surface area contributed by atoms with Gasteiger partial charge in [-0.3, -0.25) is 4.79 Å². The quantitative estimate of drug-likeness (QED) is 0.613. The van der Waals surface area contributed by atoms with Crippen molar-refractivity contribution in [1.82, 2.24) is 10.2 Å². The van der Waals surface area contributed by atoms with E-state index in [-0.39, 0.29) is 5.91 Å². The van der Waals surface area contributed by atoms with E-state index < -0.39 is 0 Å². The Kier molecular flexibility index (Phi) is 2.25. The molecule has 0 saturated carbocycles. The van der Waals surface area contributed by atoms with E-state index in [1.165, 1.54) is 0 Å². The summed E-state index contributed by atoms with van der Waals surface area (Å²) in [6, 6.07) is 0. The molecule has 74 valence electrons. The summed E-state index contributed by atoms with van der Waals surface area (Å²) in [4.78, 5) is 13.5. The lowest BCUT2D eigenvalue weighted by Gasteiger charge is -2.31. The Morgan fingerprint density at radius 3 is 3.00 bits per heavy atom. The van der Waals surface area contributed by atoms with Gasteiger partial charge in [-0.25, -0.2) is 0 Å². The molecule has 1 fully saturated rings. The molecule has 0 aromatic heterocycles. The molecule has 3 heteroatoms. The predicted molar refractivity (Wildman–Crippen MR) is 55.6 cm³/mol. The smallest absolute Gasteiger partial charge is 0.240 e. The standard InChI is InChI=1S/C11H14N2O/c1-8-4-6-13-10(9(8)2)3-5-12-7-11(13)14/h3,12H,1-2,4-7H2. The fraction of sp³-hybridized carbons (Fsp3) is 0.364. The number of allylic oxidation sites excluding steroid dienone is 1. The van der Waals surface area contributed by atoms with Gasteiger partial charge in [-0.05, 0) is 23.6 Å². The third kappa shape index (κ3) is 1.40. The number of piperidine rings is 1. The molecule has 2 aliphatic rings. The molecule has 1 amide bonds. The van der Waals surface area contributed by atoms with Crippen LogP contribution in [-0.2, 0) is 4.79 Å². The van der Waals surface area contributed by atoms with Gasteiger partial charge in [-0.2, -0.15) is 0 Å². The number of carbonyl (C=O) groups is 1. The second kappa shape index (κ2) is 3.42. The zero-order chi connectivity index (χ0) is 10.1. The number of hydrogen-bond donors (Lipinski definition) is 1. The number of carbonyl (C=O) groups excluding carboxylic acids is 1. The van der Waals surface area contributed by atoms with Gasteiger partial charge >= 0.3 is 0 Å². The number of amides is 1. The van der Waals surface area contributed by atoms with Gasteiger partial charge in [0.05, 0.1) is 6.54 Å². The van der Waals surface area contributed by atoms with E-state index in [9.17, 15) is 4.79 Å². The van der Waals surface area contributed by atoms with Gasteiger partial charge in [0.1, 0.15) is 0 Å². The molecule has 2 aliphatic heterocycles. The second-order valence-electron chi connectivity index (χ2n) is 3.60. The number of nitrogens with zero attached hydrogens (tertiary/aromatic N) is 1. The van der Waals surface area contributed by atoms with Gasteiger partial charge in [0.15, 0.2) is 0 Å². The zero-order valence-corrected chi connectivity index (χ0v) is 8.18. The summed E-state index contributed by atoms with van der Waals surface area (Å²) in [6.07, 6.45) is 2.85. The summed E-state index contributed by atoms with van der Waals surface area (Å²) in [7, 11) is 0. The van der Waals surface area contributed by atoms with Crippen LogP contribution in [0.15, 0.2) is 36.1 Å². The van der Waals surface area contributed by atoms with Crippen molar-refractivity contribution in [3.63, 3.8) is 0 Å². The molecule has 2 heterocycles. The first-order valence-corrected chi connectivity index (χ1v) is 4.79. The van der Waals surface area contributed by atoms with E-state index in [2.05, 4.69) is 18.5 Å². The van der Waals surface area contributed by atoms with Crippen LogP contribution in [0.3, 0.4) is 0 Å². The average Bonchev–Trinajstić information content (AvgIpc) is 2.35. The van der Waals surface area contributed by atoms with Gasteiger partial charge in [-0.1, -0.05) is 13.2 Å². The molecule has 0 aliphatic carbocycles. The molecule has 0 aromatic carbocycles. The van der Waals surface area contributed by atoms with E-state index >= 15 is 0 Å². The monoisotopic (exact) mass is 190 g/mol.